The summed E-state index contributed by atoms with van der Waals surface area (Å²) < 4.78 is 6.46. The summed E-state index contributed by atoms with van der Waals surface area (Å²) in [5.41, 5.74) is 2.08. The molecule has 0 aliphatic heterocycles. The fourth-order valence-corrected chi connectivity index (χ4v) is 2.41. The second kappa shape index (κ2) is 7.22. The lowest BCUT2D eigenvalue weighted by atomic mass is 10.1. The zero-order chi connectivity index (χ0) is 16.1. The van der Waals surface area contributed by atoms with E-state index in [9.17, 15) is 9.59 Å². The molecular weight excluding hydrogens is 346 g/mol. The Morgan fingerprint density at radius 1 is 1.18 bits per heavy atom. The van der Waals surface area contributed by atoms with Crippen molar-refractivity contribution in [1.29, 1.82) is 0 Å². The topological polar surface area (TPSA) is 55.4 Å². The number of nitrogens with one attached hydrogen (secondary N) is 1. The van der Waals surface area contributed by atoms with Gasteiger partial charge in [-0.15, -0.1) is 0 Å². The molecule has 2 rings (SSSR count). The number of halogens is 1. The first kappa shape index (κ1) is 16.2. The molecule has 2 aromatic rings. The Bertz CT molecular complexity index is 713. The van der Waals surface area contributed by atoms with Crippen molar-refractivity contribution in [3.63, 3.8) is 0 Å². The van der Waals surface area contributed by atoms with Gasteiger partial charge in [-0.3, -0.25) is 9.59 Å². The third kappa shape index (κ3) is 4.43. The molecule has 0 bridgehead atoms. The Morgan fingerprint density at radius 2 is 1.95 bits per heavy atom. The average molecular weight is 362 g/mol. The van der Waals surface area contributed by atoms with Crippen LogP contribution in [0.25, 0.3) is 0 Å². The maximum absolute atomic E-state index is 11.9. The third-order valence-corrected chi connectivity index (χ3v) is 3.54. The Balaban J connectivity index is 1.95. The number of ketones is 1. The SMILES string of the molecule is CC(=O)c1cccc(NC(=O)COc2ccc(Br)cc2C)c1. The van der Waals surface area contributed by atoms with Crippen molar-refractivity contribution < 1.29 is 14.3 Å². The molecule has 0 unspecified atom stereocenters. The fourth-order valence-electron chi connectivity index (χ4n) is 1.93. The number of carbonyl (C=O) groups is 2. The van der Waals surface area contributed by atoms with E-state index in [1.807, 2.05) is 25.1 Å². The number of Topliss-reactive ketones (excluding diaryl/α,β-unsaturated/α-hetero) is 1. The van der Waals surface area contributed by atoms with E-state index >= 15 is 0 Å². The van der Waals surface area contributed by atoms with Crippen LogP contribution in [0.4, 0.5) is 5.69 Å². The molecule has 0 radical (unpaired) electrons. The monoisotopic (exact) mass is 361 g/mol. The van der Waals surface area contributed by atoms with Gasteiger partial charge in [0, 0.05) is 15.7 Å². The van der Waals surface area contributed by atoms with Gasteiger partial charge in [0.25, 0.3) is 5.91 Å². The number of anilines is 1. The molecule has 5 heteroatoms. The number of aryl methyl sites for hydroxylation is 1. The first-order valence-electron chi connectivity index (χ1n) is 6.75. The molecule has 0 aliphatic carbocycles. The molecule has 1 amide bonds. The minimum absolute atomic E-state index is 0.0437. The molecule has 0 saturated heterocycles. The zero-order valence-electron chi connectivity index (χ0n) is 12.4. The summed E-state index contributed by atoms with van der Waals surface area (Å²) in [6.45, 7) is 3.31. The molecule has 114 valence electrons. The predicted molar refractivity (Wildman–Crippen MR) is 89.5 cm³/mol. The average Bonchev–Trinajstić information content (AvgIpc) is 2.46. The van der Waals surface area contributed by atoms with Gasteiger partial charge in [-0.2, -0.15) is 0 Å². The highest BCUT2D eigenvalue weighted by molar-refractivity contribution is 9.10. The minimum Gasteiger partial charge on any atom is -0.483 e. The number of benzene rings is 2. The van der Waals surface area contributed by atoms with Crippen LogP contribution in [0.5, 0.6) is 5.75 Å². The number of rotatable bonds is 5. The minimum atomic E-state index is -0.275. The van der Waals surface area contributed by atoms with E-state index in [2.05, 4.69) is 21.2 Å². The molecule has 0 spiro atoms. The van der Waals surface area contributed by atoms with Crippen LogP contribution in [0.1, 0.15) is 22.8 Å². The van der Waals surface area contributed by atoms with Gasteiger partial charge in [-0.1, -0.05) is 28.1 Å². The molecule has 0 atom stereocenters. The lowest BCUT2D eigenvalue weighted by molar-refractivity contribution is -0.118. The highest BCUT2D eigenvalue weighted by Crippen LogP contribution is 2.22. The Labute approximate surface area is 137 Å². The van der Waals surface area contributed by atoms with Crippen LogP contribution in [0, 0.1) is 6.92 Å². The lowest BCUT2D eigenvalue weighted by Crippen LogP contribution is -2.20. The van der Waals surface area contributed by atoms with Crippen LogP contribution in [0.2, 0.25) is 0 Å². The summed E-state index contributed by atoms with van der Waals surface area (Å²) in [7, 11) is 0. The highest BCUT2D eigenvalue weighted by Gasteiger charge is 2.07. The molecule has 4 nitrogen and oxygen atoms in total. The summed E-state index contributed by atoms with van der Waals surface area (Å²) in [6.07, 6.45) is 0. The summed E-state index contributed by atoms with van der Waals surface area (Å²) in [4.78, 5) is 23.2. The number of hydrogen-bond donors (Lipinski definition) is 1. The standard InChI is InChI=1S/C17H16BrNO3/c1-11-8-14(18)6-7-16(11)22-10-17(21)19-15-5-3-4-13(9-15)12(2)20/h3-9H,10H2,1-2H3,(H,19,21). The van der Waals surface area contributed by atoms with Crippen molar-refractivity contribution in [2.45, 2.75) is 13.8 Å². The van der Waals surface area contributed by atoms with E-state index in [0.717, 1.165) is 10.0 Å². The molecule has 1 N–H and O–H groups in total. The van der Waals surface area contributed by atoms with E-state index in [1.54, 1.807) is 24.3 Å². The quantitative estimate of drug-likeness (QED) is 0.819. The Kier molecular flexibility index (Phi) is 5.33. The number of ether oxygens (including phenoxy) is 1. The van der Waals surface area contributed by atoms with Crippen molar-refractivity contribution in [2.24, 2.45) is 0 Å². The van der Waals surface area contributed by atoms with Crippen LogP contribution in [0.3, 0.4) is 0 Å². The maximum atomic E-state index is 11.9. The molecule has 0 heterocycles. The Hall–Kier alpha value is -2.14. The van der Waals surface area contributed by atoms with Gasteiger partial charge in [0.2, 0.25) is 0 Å². The number of hydrogen-bond acceptors (Lipinski definition) is 3. The van der Waals surface area contributed by atoms with Crippen molar-refractivity contribution >= 4 is 33.3 Å². The second-order valence-electron chi connectivity index (χ2n) is 4.88. The third-order valence-electron chi connectivity index (χ3n) is 3.05. The molecular formula is C17H16BrNO3. The van der Waals surface area contributed by atoms with E-state index in [4.69, 9.17) is 4.74 Å². The molecule has 2 aromatic carbocycles. The van der Waals surface area contributed by atoms with E-state index < -0.39 is 0 Å². The van der Waals surface area contributed by atoms with E-state index in [0.29, 0.717) is 17.0 Å². The predicted octanol–water partition coefficient (Wildman–Crippen LogP) is 3.98. The Morgan fingerprint density at radius 3 is 2.64 bits per heavy atom. The highest BCUT2D eigenvalue weighted by atomic mass is 79.9. The van der Waals surface area contributed by atoms with Gasteiger partial charge in [0.1, 0.15) is 5.75 Å². The van der Waals surface area contributed by atoms with E-state index in [1.165, 1.54) is 6.92 Å². The van der Waals surface area contributed by atoms with Gasteiger partial charge < -0.3 is 10.1 Å². The lowest BCUT2D eigenvalue weighted by Gasteiger charge is -2.10. The maximum Gasteiger partial charge on any atom is 0.262 e. The van der Waals surface area contributed by atoms with Crippen molar-refractivity contribution in [3.05, 3.63) is 58.1 Å². The van der Waals surface area contributed by atoms with E-state index in [-0.39, 0.29) is 18.3 Å². The molecule has 22 heavy (non-hydrogen) atoms. The van der Waals surface area contributed by atoms with Gasteiger partial charge in [-0.05, 0) is 49.7 Å². The second-order valence-corrected chi connectivity index (χ2v) is 5.80. The van der Waals surface area contributed by atoms with Crippen molar-refractivity contribution in [3.8, 4) is 5.75 Å². The van der Waals surface area contributed by atoms with Crippen LogP contribution in [0.15, 0.2) is 46.9 Å². The summed E-state index contributed by atoms with van der Waals surface area (Å²) in [5.74, 6) is 0.344. The van der Waals surface area contributed by atoms with Crippen LogP contribution in [-0.2, 0) is 4.79 Å². The van der Waals surface area contributed by atoms with Crippen molar-refractivity contribution in [1.82, 2.24) is 0 Å². The first-order chi connectivity index (χ1) is 10.5. The number of amides is 1. The summed E-state index contributed by atoms with van der Waals surface area (Å²) in [6, 6.07) is 12.4. The largest absolute Gasteiger partial charge is 0.483 e. The van der Waals surface area contributed by atoms with Gasteiger partial charge in [0.15, 0.2) is 12.4 Å². The summed E-state index contributed by atoms with van der Waals surface area (Å²) >= 11 is 3.38. The molecule has 0 aliphatic rings. The van der Waals surface area contributed by atoms with Crippen LogP contribution >= 0.6 is 15.9 Å². The first-order valence-corrected chi connectivity index (χ1v) is 7.55. The molecule has 0 saturated carbocycles. The van der Waals surface area contributed by atoms with Gasteiger partial charge >= 0.3 is 0 Å². The zero-order valence-corrected chi connectivity index (χ0v) is 13.9. The van der Waals surface area contributed by atoms with Crippen molar-refractivity contribution in [2.75, 3.05) is 11.9 Å². The van der Waals surface area contributed by atoms with Crippen LogP contribution < -0.4 is 10.1 Å². The number of carbonyl (C=O) groups excluding carboxylic acids is 2. The van der Waals surface area contributed by atoms with Gasteiger partial charge in [-0.25, -0.2) is 0 Å². The van der Waals surface area contributed by atoms with Gasteiger partial charge in [0.05, 0.1) is 0 Å². The smallest absolute Gasteiger partial charge is 0.262 e. The fraction of sp³-hybridized carbons (Fsp3) is 0.176. The summed E-state index contributed by atoms with van der Waals surface area (Å²) in [5, 5.41) is 2.71. The molecule has 0 aromatic heterocycles. The van der Waals surface area contributed by atoms with Crippen LogP contribution in [-0.4, -0.2) is 18.3 Å². The normalized spacial score (nSPS) is 10.1. The molecule has 0 fully saturated rings.